The van der Waals surface area contributed by atoms with E-state index >= 15 is 0 Å². The normalized spacial score (nSPS) is 11.2. The van der Waals surface area contributed by atoms with E-state index in [0.29, 0.717) is 0 Å². The maximum absolute atomic E-state index is 2.34. The Hall–Kier alpha value is -4.74. The minimum atomic E-state index is 1.11. The molecule has 0 saturated carbocycles. The Morgan fingerprint density at radius 1 is 0.263 bits per heavy atom. The predicted molar refractivity (Wildman–Crippen MR) is 224 cm³/mol. The number of aromatic nitrogens is 12. The molecule has 0 radical (unpaired) electrons. The van der Waals surface area contributed by atoms with Crippen molar-refractivity contribution in [1.29, 1.82) is 0 Å². The number of hydrogen-bond donors (Lipinski definition) is 0. The average molecular weight is 787 g/mol. The fraction of sp³-hybridized carbons (Fsp3) is 0.600. The van der Waals surface area contributed by atoms with E-state index in [1.54, 1.807) is 0 Å². The summed E-state index contributed by atoms with van der Waals surface area (Å²) in [5, 5.41) is 0. The standard InChI is InChI=1S/C16H28N4.C15H26N4.C14H24N4/c1-15-17(3)11-13-19(15)9-7-5-6-8-10-20-14-12-18(4)16(20)2;1-14-16(3)10-12-18(14)8-6-5-7-9-19-13-11-17(4)15(19)2;1-13-15(3)9-11-17(13)7-5-6-8-18-12-10-16(4)14(18)2/h11-14H,5-10H2,1-4H3;10-13H,5-9H2,1-4H3;9-12H,5-8H2,1-4H3/q3*+2. The lowest BCUT2D eigenvalue weighted by molar-refractivity contribution is -0.677. The van der Waals surface area contributed by atoms with Gasteiger partial charge in [0.25, 0.3) is 34.9 Å². The third kappa shape index (κ3) is 13.1. The molecule has 6 heterocycles. The Morgan fingerprint density at radius 2 is 0.404 bits per heavy atom. The largest absolute Gasteiger partial charge is 0.253 e. The van der Waals surface area contributed by atoms with Gasteiger partial charge in [-0.1, -0.05) is 0 Å². The van der Waals surface area contributed by atoms with E-state index in [1.807, 2.05) is 0 Å². The molecule has 0 N–H and O–H groups in total. The van der Waals surface area contributed by atoms with E-state index in [4.69, 9.17) is 0 Å². The van der Waals surface area contributed by atoms with Gasteiger partial charge in [0.1, 0.15) is 74.4 Å². The summed E-state index contributed by atoms with van der Waals surface area (Å²) in [5.74, 6) is 7.96. The fourth-order valence-corrected chi connectivity index (χ4v) is 7.23. The van der Waals surface area contributed by atoms with Gasteiger partial charge >= 0.3 is 0 Å². The summed E-state index contributed by atoms with van der Waals surface area (Å²) in [4.78, 5) is 0. The van der Waals surface area contributed by atoms with E-state index in [1.165, 1.54) is 92.7 Å². The molecule has 0 bridgehead atoms. The van der Waals surface area contributed by atoms with Crippen LogP contribution in [0.2, 0.25) is 0 Å². The highest BCUT2D eigenvalue weighted by Crippen LogP contribution is 2.07. The van der Waals surface area contributed by atoms with E-state index in [0.717, 1.165) is 39.3 Å². The van der Waals surface area contributed by atoms with Crippen LogP contribution in [0.25, 0.3) is 0 Å². The van der Waals surface area contributed by atoms with Crippen LogP contribution in [0.3, 0.4) is 0 Å². The van der Waals surface area contributed by atoms with Crippen LogP contribution < -0.4 is 27.4 Å². The minimum absolute atomic E-state index is 1.11. The van der Waals surface area contributed by atoms with E-state index in [9.17, 15) is 0 Å². The monoisotopic (exact) mass is 787 g/mol. The molecule has 6 aromatic rings. The van der Waals surface area contributed by atoms with Gasteiger partial charge in [0.2, 0.25) is 0 Å². The molecule has 0 unspecified atom stereocenters. The zero-order valence-electron chi connectivity index (χ0n) is 37.9. The van der Waals surface area contributed by atoms with Crippen LogP contribution in [0, 0.1) is 41.5 Å². The summed E-state index contributed by atoms with van der Waals surface area (Å²) >= 11 is 0. The zero-order valence-corrected chi connectivity index (χ0v) is 37.9. The molecule has 0 atom stereocenters. The molecule has 0 aliphatic carbocycles. The number of rotatable bonds is 18. The quantitative estimate of drug-likeness (QED) is 0.0925. The van der Waals surface area contributed by atoms with Crippen molar-refractivity contribution < 1.29 is 27.4 Å². The molecule has 0 aliphatic rings. The lowest BCUT2D eigenvalue weighted by Gasteiger charge is -2.01. The Bertz CT molecular complexity index is 1930. The molecule has 0 amide bonds. The zero-order chi connectivity index (χ0) is 41.5. The summed E-state index contributed by atoms with van der Waals surface area (Å²) < 4.78 is 27.0. The first-order valence-electron chi connectivity index (χ1n) is 21.4. The van der Waals surface area contributed by atoms with Crippen LogP contribution in [0.5, 0.6) is 0 Å². The summed E-state index contributed by atoms with van der Waals surface area (Å²) in [5.41, 5.74) is 0. The molecule has 0 saturated heterocycles. The van der Waals surface area contributed by atoms with Crippen LogP contribution in [-0.4, -0.2) is 27.4 Å². The molecule has 6 rings (SSSR count). The summed E-state index contributed by atoms with van der Waals surface area (Å²) in [6.07, 6.45) is 37.2. The van der Waals surface area contributed by atoms with Gasteiger partial charge in [-0.3, -0.25) is 0 Å². The highest BCUT2D eigenvalue weighted by Gasteiger charge is 2.13. The molecule has 0 aliphatic heterocycles. The first-order valence-corrected chi connectivity index (χ1v) is 21.4. The van der Waals surface area contributed by atoms with Gasteiger partial charge in [0.05, 0.1) is 81.6 Å². The maximum Gasteiger partial charge on any atom is 0.253 e. The molecule has 12 nitrogen and oxygen atoms in total. The van der Waals surface area contributed by atoms with Crippen LogP contribution >= 0.6 is 0 Å². The first kappa shape index (κ1) is 45.0. The van der Waals surface area contributed by atoms with Crippen LogP contribution in [0.15, 0.2) is 74.4 Å². The molecule has 57 heavy (non-hydrogen) atoms. The highest BCUT2D eigenvalue weighted by atomic mass is 15.2. The maximum atomic E-state index is 2.34. The van der Waals surface area contributed by atoms with Crippen molar-refractivity contribution >= 4 is 0 Å². The SMILES string of the molecule is Cc1n(CCCCCCn2cc[n+](C)c2C)cc[n+]1C.Cc1n(CCCCCn2cc[n+](C)c2C)cc[n+]1C.Cc1n(CCCCn2cc[n+](C)c2C)cc[n+]1C. The lowest BCUT2D eigenvalue weighted by atomic mass is 10.2. The molecule has 12 heteroatoms. The van der Waals surface area contributed by atoms with Crippen molar-refractivity contribution in [3.05, 3.63) is 109 Å². The first-order chi connectivity index (χ1) is 27.3. The molecular formula is C45H78N12+6. The number of unbranched alkanes of at least 4 members (excludes halogenated alkanes) is 6. The van der Waals surface area contributed by atoms with Gasteiger partial charge in [-0.05, 0) is 57.8 Å². The Labute approximate surface area is 344 Å². The van der Waals surface area contributed by atoms with Crippen LogP contribution in [0.1, 0.15) is 92.7 Å². The number of hydrogen-bond acceptors (Lipinski definition) is 0. The third-order valence-electron chi connectivity index (χ3n) is 12.3. The molecule has 0 fully saturated rings. The van der Waals surface area contributed by atoms with Gasteiger partial charge in [-0.15, -0.1) is 0 Å². The minimum Gasteiger partial charge on any atom is -0.237 e. The second kappa shape index (κ2) is 22.3. The van der Waals surface area contributed by atoms with Crippen molar-refractivity contribution in [3.63, 3.8) is 0 Å². The number of nitrogens with zero attached hydrogens (tertiary/aromatic N) is 12. The third-order valence-corrected chi connectivity index (χ3v) is 12.3. The van der Waals surface area contributed by atoms with Crippen molar-refractivity contribution in [2.45, 2.75) is 139 Å². The van der Waals surface area contributed by atoms with E-state index < -0.39 is 0 Å². The highest BCUT2D eigenvalue weighted by molar-refractivity contribution is 4.83. The van der Waals surface area contributed by atoms with Crippen molar-refractivity contribution in [3.8, 4) is 0 Å². The summed E-state index contributed by atoms with van der Waals surface area (Å²) in [6, 6.07) is 0. The van der Waals surface area contributed by atoms with Gasteiger partial charge < -0.3 is 0 Å². The van der Waals surface area contributed by atoms with Crippen LogP contribution in [0.4, 0.5) is 0 Å². The molecular weight excluding hydrogens is 709 g/mol. The molecule has 0 spiro atoms. The lowest BCUT2D eigenvalue weighted by Crippen LogP contribution is -2.30. The van der Waals surface area contributed by atoms with Crippen LogP contribution in [-0.2, 0) is 81.6 Å². The Kier molecular flexibility index (Phi) is 17.6. The Balaban J connectivity index is 0.000000190. The van der Waals surface area contributed by atoms with Gasteiger partial charge in [0.15, 0.2) is 0 Å². The van der Waals surface area contributed by atoms with E-state index in [2.05, 4.69) is 213 Å². The van der Waals surface area contributed by atoms with Crippen molar-refractivity contribution in [2.24, 2.45) is 42.3 Å². The second-order valence-corrected chi connectivity index (χ2v) is 16.1. The summed E-state index contributed by atoms with van der Waals surface area (Å²) in [7, 11) is 12.6. The molecule has 6 aromatic heterocycles. The smallest absolute Gasteiger partial charge is 0.237 e. The fourth-order valence-electron chi connectivity index (χ4n) is 7.23. The Morgan fingerprint density at radius 3 is 0.544 bits per heavy atom. The summed E-state index contributed by atoms with van der Waals surface area (Å²) in [6.45, 7) is 19.8. The number of imidazole rings is 6. The molecule has 312 valence electrons. The second-order valence-electron chi connectivity index (χ2n) is 16.1. The van der Waals surface area contributed by atoms with Crippen molar-refractivity contribution in [2.75, 3.05) is 0 Å². The average Bonchev–Trinajstić information content (AvgIpc) is 4.03. The van der Waals surface area contributed by atoms with E-state index in [-0.39, 0.29) is 0 Å². The van der Waals surface area contributed by atoms with Gasteiger partial charge in [-0.2, -0.15) is 0 Å². The topological polar surface area (TPSA) is 52.9 Å². The number of aryl methyl sites for hydroxylation is 12. The van der Waals surface area contributed by atoms with Gasteiger partial charge in [0, 0.05) is 41.5 Å². The molecule has 0 aromatic carbocycles. The van der Waals surface area contributed by atoms with Gasteiger partial charge in [-0.25, -0.2) is 54.8 Å². The predicted octanol–water partition coefficient (Wildman–Crippen LogP) is 4.28. The van der Waals surface area contributed by atoms with Crippen molar-refractivity contribution in [1.82, 2.24) is 27.4 Å².